The SMILES string of the molecule is CCc1ccc(C(C)NC(=O)C(=O)NCCOc2ccc(OC)cc2)cc1. The summed E-state index contributed by atoms with van der Waals surface area (Å²) in [6.45, 7) is 4.43. The number of hydrogen-bond acceptors (Lipinski definition) is 4. The molecule has 27 heavy (non-hydrogen) atoms. The zero-order valence-corrected chi connectivity index (χ0v) is 16.0. The molecule has 2 aromatic rings. The Morgan fingerprint density at radius 3 is 2.19 bits per heavy atom. The molecule has 0 heterocycles. The Balaban J connectivity index is 1.71. The molecular formula is C21H26N2O4. The summed E-state index contributed by atoms with van der Waals surface area (Å²) in [5, 5.41) is 5.25. The first kappa shape index (κ1) is 20.3. The van der Waals surface area contributed by atoms with Crippen LogP contribution in [-0.2, 0) is 16.0 Å². The smallest absolute Gasteiger partial charge is 0.309 e. The average Bonchev–Trinajstić information content (AvgIpc) is 2.71. The molecule has 2 N–H and O–H groups in total. The van der Waals surface area contributed by atoms with Crippen molar-refractivity contribution in [2.24, 2.45) is 0 Å². The maximum Gasteiger partial charge on any atom is 0.309 e. The minimum absolute atomic E-state index is 0.234. The van der Waals surface area contributed by atoms with Gasteiger partial charge in [-0.3, -0.25) is 9.59 Å². The molecule has 0 aliphatic carbocycles. The number of ether oxygens (including phenoxy) is 2. The molecule has 0 fully saturated rings. The van der Waals surface area contributed by atoms with E-state index >= 15 is 0 Å². The van der Waals surface area contributed by atoms with E-state index in [1.165, 1.54) is 5.56 Å². The van der Waals surface area contributed by atoms with Crippen molar-refractivity contribution in [1.29, 1.82) is 0 Å². The number of carbonyl (C=O) groups is 2. The van der Waals surface area contributed by atoms with Crippen molar-refractivity contribution in [3.63, 3.8) is 0 Å². The van der Waals surface area contributed by atoms with Crippen molar-refractivity contribution >= 4 is 11.8 Å². The highest BCUT2D eigenvalue weighted by Crippen LogP contribution is 2.16. The van der Waals surface area contributed by atoms with E-state index in [4.69, 9.17) is 9.47 Å². The van der Waals surface area contributed by atoms with Gasteiger partial charge in [-0.05, 0) is 48.7 Å². The van der Waals surface area contributed by atoms with Crippen LogP contribution in [-0.4, -0.2) is 32.1 Å². The number of hydrogen-bond donors (Lipinski definition) is 2. The Morgan fingerprint density at radius 1 is 0.963 bits per heavy atom. The van der Waals surface area contributed by atoms with Crippen LogP contribution in [0.1, 0.15) is 31.0 Å². The van der Waals surface area contributed by atoms with E-state index in [0.29, 0.717) is 5.75 Å². The first-order valence-electron chi connectivity index (χ1n) is 8.98. The lowest BCUT2D eigenvalue weighted by Gasteiger charge is -2.14. The predicted octanol–water partition coefficient (Wildman–Crippen LogP) is 2.63. The first-order chi connectivity index (χ1) is 13.0. The summed E-state index contributed by atoms with van der Waals surface area (Å²) in [6, 6.07) is 14.9. The average molecular weight is 370 g/mol. The molecule has 2 aromatic carbocycles. The summed E-state index contributed by atoms with van der Waals surface area (Å²) in [5.74, 6) is 0.0706. The van der Waals surface area contributed by atoms with Gasteiger partial charge in [-0.2, -0.15) is 0 Å². The first-order valence-corrected chi connectivity index (χ1v) is 8.98. The lowest BCUT2D eigenvalue weighted by Crippen LogP contribution is -2.42. The van der Waals surface area contributed by atoms with E-state index in [-0.39, 0.29) is 19.2 Å². The Bertz CT molecular complexity index is 742. The van der Waals surface area contributed by atoms with E-state index in [1.54, 1.807) is 31.4 Å². The summed E-state index contributed by atoms with van der Waals surface area (Å²) in [7, 11) is 1.59. The normalized spacial score (nSPS) is 11.4. The molecule has 144 valence electrons. The highest BCUT2D eigenvalue weighted by Gasteiger charge is 2.16. The molecule has 2 rings (SSSR count). The van der Waals surface area contributed by atoms with E-state index in [2.05, 4.69) is 17.6 Å². The van der Waals surface area contributed by atoms with Crippen LogP contribution in [0.4, 0.5) is 0 Å². The quantitative estimate of drug-likeness (QED) is 0.553. The van der Waals surface area contributed by atoms with Crippen molar-refractivity contribution in [2.45, 2.75) is 26.3 Å². The second kappa shape index (κ2) is 10.2. The highest BCUT2D eigenvalue weighted by atomic mass is 16.5. The molecule has 0 saturated heterocycles. The summed E-state index contributed by atoms with van der Waals surface area (Å²) >= 11 is 0. The molecule has 0 saturated carbocycles. The van der Waals surface area contributed by atoms with Gasteiger partial charge in [0.1, 0.15) is 18.1 Å². The number of rotatable bonds is 8. The second-order valence-corrected chi connectivity index (χ2v) is 6.07. The van der Waals surface area contributed by atoms with Crippen LogP contribution in [0.2, 0.25) is 0 Å². The molecule has 1 atom stereocenters. The largest absolute Gasteiger partial charge is 0.497 e. The van der Waals surface area contributed by atoms with Crippen molar-refractivity contribution in [2.75, 3.05) is 20.3 Å². The minimum Gasteiger partial charge on any atom is -0.497 e. The molecule has 0 aliphatic heterocycles. The van der Waals surface area contributed by atoms with E-state index in [9.17, 15) is 9.59 Å². The van der Waals surface area contributed by atoms with Gasteiger partial charge in [0.25, 0.3) is 0 Å². The Hall–Kier alpha value is -3.02. The Morgan fingerprint density at radius 2 is 1.59 bits per heavy atom. The zero-order chi connectivity index (χ0) is 19.6. The number of nitrogens with one attached hydrogen (secondary N) is 2. The Labute approximate surface area is 159 Å². The molecule has 0 spiro atoms. The number of carbonyl (C=O) groups excluding carboxylic acids is 2. The maximum atomic E-state index is 12.0. The number of benzene rings is 2. The monoisotopic (exact) mass is 370 g/mol. The minimum atomic E-state index is -0.676. The van der Waals surface area contributed by atoms with Gasteiger partial charge in [0.05, 0.1) is 19.7 Å². The molecule has 6 heteroatoms. The van der Waals surface area contributed by atoms with Gasteiger partial charge < -0.3 is 20.1 Å². The van der Waals surface area contributed by atoms with Crippen LogP contribution >= 0.6 is 0 Å². The van der Waals surface area contributed by atoms with Gasteiger partial charge in [0.15, 0.2) is 0 Å². The number of aryl methyl sites for hydroxylation is 1. The van der Waals surface area contributed by atoms with Gasteiger partial charge >= 0.3 is 11.8 Å². The van der Waals surface area contributed by atoms with Gasteiger partial charge in [-0.1, -0.05) is 31.2 Å². The maximum absolute atomic E-state index is 12.0. The molecule has 2 amide bonds. The molecule has 0 radical (unpaired) electrons. The van der Waals surface area contributed by atoms with Crippen LogP contribution in [0, 0.1) is 0 Å². The van der Waals surface area contributed by atoms with Crippen LogP contribution in [0.25, 0.3) is 0 Å². The summed E-state index contributed by atoms with van der Waals surface area (Å²) in [6.07, 6.45) is 0.960. The van der Waals surface area contributed by atoms with Crippen molar-refractivity contribution in [3.8, 4) is 11.5 Å². The van der Waals surface area contributed by atoms with Crippen molar-refractivity contribution in [3.05, 3.63) is 59.7 Å². The molecule has 6 nitrogen and oxygen atoms in total. The van der Waals surface area contributed by atoms with Crippen LogP contribution in [0.5, 0.6) is 11.5 Å². The predicted molar refractivity (Wildman–Crippen MR) is 104 cm³/mol. The van der Waals surface area contributed by atoms with Crippen molar-refractivity contribution in [1.82, 2.24) is 10.6 Å². The highest BCUT2D eigenvalue weighted by molar-refractivity contribution is 6.35. The van der Waals surface area contributed by atoms with Crippen LogP contribution in [0.15, 0.2) is 48.5 Å². The fourth-order valence-corrected chi connectivity index (χ4v) is 2.47. The standard InChI is InChI=1S/C21H26N2O4/c1-4-16-5-7-17(8-6-16)15(2)23-21(25)20(24)22-13-14-27-19-11-9-18(26-3)10-12-19/h5-12,15H,4,13-14H2,1-3H3,(H,22,24)(H,23,25). The van der Waals surface area contributed by atoms with Crippen LogP contribution in [0.3, 0.4) is 0 Å². The summed E-state index contributed by atoms with van der Waals surface area (Å²) in [5.41, 5.74) is 2.18. The second-order valence-electron chi connectivity index (χ2n) is 6.07. The topological polar surface area (TPSA) is 76.7 Å². The van der Waals surface area contributed by atoms with Crippen LogP contribution < -0.4 is 20.1 Å². The third kappa shape index (κ3) is 6.33. The third-order valence-electron chi connectivity index (χ3n) is 4.16. The van der Waals surface area contributed by atoms with Gasteiger partial charge in [-0.25, -0.2) is 0 Å². The molecule has 0 aliphatic rings. The molecular weight excluding hydrogens is 344 g/mol. The number of amides is 2. The zero-order valence-electron chi connectivity index (χ0n) is 16.0. The van der Waals surface area contributed by atoms with Gasteiger partial charge in [0.2, 0.25) is 0 Å². The fourth-order valence-electron chi connectivity index (χ4n) is 2.47. The summed E-state index contributed by atoms with van der Waals surface area (Å²) in [4.78, 5) is 23.9. The van der Waals surface area contributed by atoms with E-state index in [1.807, 2.05) is 31.2 Å². The Kier molecular flexibility index (Phi) is 7.67. The molecule has 0 bridgehead atoms. The molecule has 1 unspecified atom stereocenters. The van der Waals surface area contributed by atoms with E-state index in [0.717, 1.165) is 17.7 Å². The summed E-state index contributed by atoms with van der Waals surface area (Å²) < 4.78 is 10.6. The van der Waals surface area contributed by atoms with Gasteiger partial charge in [0, 0.05) is 0 Å². The molecule has 0 aromatic heterocycles. The van der Waals surface area contributed by atoms with E-state index < -0.39 is 11.8 Å². The van der Waals surface area contributed by atoms with Crippen molar-refractivity contribution < 1.29 is 19.1 Å². The lowest BCUT2D eigenvalue weighted by atomic mass is 10.1. The lowest BCUT2D eigenvalue weighted by molar-refractivity contribution is -0.139. The third-order valence-corrected chi connectivity index (χ3v) is 4.16. The van der Waals surface area contributed by atoms with Gasteiger partial charge in [-0.15, -0.1) is 0 Å². The fraction of sp³-hybridized carbons (Fsp3) is 0.333. The number of methoxy groups -OCH3 is 1.